The fourth-order valence-corrected chi connectivity index (χ4v) is 2.49. The van der Waals surface area contributed by atoms with E-state index < -0.39 is 0 Å². The van der Waals surface area contributed by atoms with Crippen LogP contribution in [0, 0.1) is 13.8 Å². The van der Waals surface area contributed by atoms with Crippen molar-refractivity contribution in [3.8, 4) is 5.75 Å². The second-order valence-electron chi connectivity index (χ2n) is 5.96. The first-order valence-electron chi connectivity index (χ1n) is 7.72. The lowest BCUT2D eigenvalue weighted by molar-refractivity contribution is 0.304. The first-order chi connectivity index (χ1) is 10.2. The zero-order valence-corrected chi connectivity index (χ0v) is 12.9. The van der Waals surface area contributed by atoms with Crippen molar-refractivity contribution in [2.75, 3.05) is 0 Å². The van der Waals surface area contributed by atoms with Gasteiger partial charge in [0.25, 0.3) is 0 Å². The highest BCUT2D eigenvalue weighted by Crippen LogP contribution is 2.21. The Labute approximate surface area is 127 Å². The van der Waals surface area contributed by atoms with E-state index in [1.54, 1.807) is 0 Å². The molecule has 1 aliphatic rings. The minimum Gasteiger partial charge on any atom is -0.489 e. The molecule has 1 N–H and O–H groups in total. The third-order valence-electron chi connectivity index (χ3n) is 4.12. The molecule has 0 radical (unpaired) electrons. The van der Waals surface area contributed by atoms with Crippen LogP contribution in [0.25, 0.3) is 0 Å². The minimum atomic E-state index is 0.637. The fourth-order valence-electron chi connectivity index (χ4n) is 2.49. The Balaban J connectivity index is 1.57. The summed E-state index contributed by atoms with van der Waals surface area (Å²) in [7, 11) is 0. The molecule has 0 saturated heterocycles. The Morgan fingerprint density at radius 3 is 2.29 bits per heavy atom. The molecule has 0 heterocycles. The van der Waals surface area contributed by atoms with E-state index in [1.165, 1.54) is 35.1 Å². The molecule has 0 atom stereocenters. The topological polar surface area (TPSA) is 21.3 Å². The predicted octanol–water partition coefficient (Wildman–Crippen LogP) is 4.13. The molecule has 0 aliphatic heterocycles. The molecule has 3 rings (SSSR count). The van der Waals surface area contributed by atoms with E-state index in [1.807, 2.05) is 0 Å². The van der Waals surface area contributed by atoms with Crippen molar-refractivity contribution in [2.45, 2.75) is 45.9 Å². The van der Waals surface area contributed by atoms with Crippen LogP contribution < -0.4 is 10.1 Å². The highest BCUT2D eigenvalue weighted by Gasteiger charge is 2.19. The third-order valence-corrected chi connectivity index (χ3v) is 4.12. The summed E-state index contributed by atoms with van der Waals surface area (Å²) in [6.07, 6.45) is 2.66. The maximum Gasteiger partial charge on any atom is 0.119 e. The van der Waals surface area contributed by atoms with Gasteiger partial charge in [0.2, 0.25) is 0 Å². The normalized spacial score (nSPS) is 14.2. The van der Waals surface area contributed by atoms with Gasteiger partial charge in [-0.2, -0.15) is 0 Å². The minimum absolute atomic E-state index is 0.637. The van der Waals surface area contributed by atoms with E-state index in [4.69, 9.17) is 4.74 Å². The first kappa shape index (κ1) is 14.2. The number of nitrogens with one attached hydrogen (secondary N) is 1. The lowest BCUT2D eigenvalue weighted by Crippen LogP contribution is -2.15. The van der Waals surface area contributed by atoms with Crippen LogP contribution in [-0.2, 0) is 13.2 Å². The molecule has 0 bridgehead atoms. The molecule has 0 unspecified atom stereocenters. The molecule has 2 aromatic carbocycles. The van der Waals surface area contributed by atoms with Crippen LogP contribution >= 0.6 is 0 Å². The fraction of sp³-hybridized carbons (Fsp3) is 0.368. The van der Waals surface area contributed by atoms with Crippen molar-refractivity contribution in [3.63, 3.8) is 0 Å². The second kappa shape index (κ2) is 6.31. The highest BCUT2D eigenvalue weighted by molar-refractivity contribution is 5.34. The van der Waals surface area contributed by atoms with Crippen LogP contribution in [0.4, 0.5) is 0 Å². The van der Waals surface area contributed by atoms with Gasteiger partial charge in [0, 0.05) is 12.6 Å². The van der Waals surface area contributed by atoms with Crippen LogP contribution in [0.2, 0.25) is 0 Å². The van der Waals surface area contributed by atoms with Crippen molar-refractivity contribution in [1.29, 1.82) is 0 Å². The number of benzene rings is 2. The van der Waals surface area contributed by atoms with E-state index in [-0.39, 0.29) is 0 Å². The van der Waals surface area contributed by atoms with Gasteiger partial charge in [-0.15, -0.1) is 0 Å². The van der Waals surface area contributed by atoms with Gasteiger partial charge in [-0.25, -0.2) is 0 Å². The monoisotopic (exact) mass is 281 g/mol. The molecular weight excluding hydrogens is 258 g/mol. The summed E-state index contributed by atoms with van der Waals surface area (Å²) in [5, 5.41) is 3.52. The van der Waals surface area contributed by atoms with Crippen molar-refractivity contribution in [2.24, 2.45) is 0 Å². The van der Waals surface area contributed by atoms with Crippen LogP contribution in [0.3, 0.4) is 0 Å². The van der Waals surface area contributed by atoms with Crippen LogP contribution in [-0.4, -0.2) is 6.04 Å². The number of aryl methyl sites for hydroxylation is 2. The first-order valence-corrected chi connectivity index (χ1v) is 7.72. The van der Waals surface area contributed by atoms with Gasteiger partial charge >= 0.3 is 0 Å². The third kappa shape index (κ3) is 3.85. The van der Waals surface area contributed by atoms with Gasteiger partial charge in [0.05, 0.1) is 0 Å². The summed E-state index contributed by atoms with van der Waals surface area (Å²) >= 11 is 0. The molecule has 1 aliphatic carbocycles. The molecule has 1 fully saturated rings. The van der Waals surface area contributed by atoms with Crippen LogP contribution in [0.1, 0.15) is 35.1 Å². The van der Waals surface area contributed by atoms with E-state index in [2.05, 4.69) is 61.6 Å². The van der Waals surface area contributed by atoms with Crippen LogP contribution in [0.5, 0.6) is 5.75 Å². The molecular formula is C19H23NO. The number of hydrogen-bond acceptors (Lipinski definition) is 2. The molecule has 2 nitrogen and oxygen atoms in total. The lowest BCUT2D eigenvalue weighted by atomic mass is 10.0. The Morgan fingerprint density at radius 2 is 1.67 bits per heavy atom. The largest absolute Gasteiger partial charge is 0.489 e. The average Bonchev–Trinajstić information content (AvgIpc) is 3.30. The molecule has 0 aromatic heterocycles. The highest BCUT2D eigenvalue weighted by atomic mass is 16.5. The Morgan fingerprint density at radius 1 is 1.00 bits per heavy atom. The number of rotatable bonds is 6. The predicted molar refractivity (Wildman–Crippen MR) is 86.6 cm³/mol. The van der Waals surface area contributed by atoms with Gasteiger partial charge in [-0.1, -0.05) is 30.3 Å². The van der Waals surface area contributed by atoms with Gasteiger partial charge < -0.3 is 10.1 Å². The molecule has 2 aromatic rings. The molecule has 1 saturated carbocycles. The summed E-state index contributed by atoms with van der Waals surface area (Å²) < 4.78 is 5.93. The zero-order chi connectivity index (χ0) is 14.7. The summed E-state index contributed by atoms with van der Waals surface area (Å²) in [4.78, 5) is 0. The van der Waals surface area contributed by atoms with Gasteiger partial charge in [-0.05, 0) is 61.1 Å². The van der Waals surface area contributed by atoms with Gasteiger partial charge in [0.15, 0.2) is 0 Å². The Bertz CT molecular complexity index is 579. The van der Waals surface area contributed by atoms with E-state index >= 15 is 0 Å². The van der Waals surface area contributed by atoms with Crippen molar-refractivity contribution < 1.29 is 4.74 Å². The quantitative estimate of drug-likeness (QED) is 0.859. The van der Waals surface area contributed by atoms with Gasteiger partial charge in [0.1, 0.15) is 12.4 Å². The summed E-state index contributed by atoms with van der Waals surface area (Å²) in [6, 6.07) is 15.6. The molecule has 2 heteroatoms. The maximum atomic E-state index is 5.93. The van der Waals surface area contributed by atoms with Crippen molar-refractivity contribution in [1.82, 2.24) is 5.32 Å². The average molecular weight is 281 g/mol. The molecule has 0 spiro atoms. The second-order valence-corrected chi connectivity index (χ2v) is 5.96. The smallest absolute Gasteiger partial charge is 0.119 e. The van der Waals surface area contributed by atoms with E-state index in [0.29, 0.717) is 6.61 Å². The van der Waals surface area contributed by atoms with Crippen molar-refractivity contribution >= 4 is 0 Å². The van der Waals surface area contributed by atoms with Crippen LogP contribution in [0.15, 0.2) is 42.5 Å². The lowest BCUT2D eigenvalue weighted by Gasteiger charge is -2.12. The number of ether oxygens (including phenoxy) is 1. The summed E-state index contributed by atoms with van der Waals surface area (Å²) in [5.41, 5.74) is 5.19. The molecule has 110 valence electrons. The standard InChI is InChI=1S/C19H23NO/c1-14-4-3-5-15(2)19(14)13-21-18-10-6-16(7-11-18)12-20-17-8-9-17/h3-7,10-11,17,20H,8-9,12-13H2,1-2H3. The SMILES string of the molecule is Cc1cccc(C)c1COc1ccc(CNC2CC2)cc1. The Hall–Kier alpha value is -1.80. The van der Waals surface area contributed by atoms with Gasteiger partial charge in [-0.3, -0.25) is 0 Å². The summed E-state index contributed by atoms with van der Waals surface area (Å²) in [6.45, 7) is 5.87. The zero-order valence-electron chi connectivity index (χ0n) is 12.9. The maximum absolute atomic E-state index is 5.93. The van der Waals surface area contributed by atoms with Crippen molar-refractivity contribution in [3.05, 3.63) is 64.7 Å². The van der Waals surface area contributed by atoms with E-state index in [9.17, 15) is 0 Å². The Kier molecular flexibility index (Phi) is 4.26. The molecule has 0 amide bonds. The van der Waals surface area contributed by atoms with E-state index in [0.717, 1.165) is 18.3 Å². The summed E-state index contributed by atoms with van der Waals surface area (Å²) in [5.74, 6) is 0.938. The molecule has 21 heavy (non-hydrogen) atoms. The number of hydrogen-bond donors (Lipinski definition) is 1.